The molecule has 0 unspecified atom stereocenters. The Morgan fingerprint density at radius 1 is 1.18 bits per heavy atom. The minimum atomic E-state index is -0.706. The van der Waals surface area contributed by atoms with Gasteiger partial charge >= 0.3 is 5.97 Å². The highest BCUT2D eigenvalue weighted by atomic mass is 32.1. The first-order chi connectivity index (χ1) is 18.2. The van der Waals surface area contributed by atoms with E-state index in [1.54, 1.807) is 29.7 Å². The van der Waals surface area contributed by atoms with Gasteiger partial charge in [-0.3, -0.25) is 14.0 Å². The molecule has 0 aliphatic heterocycles. The summed E-state index contributed by atoms with van der Waals surface area (Å²) in [5, 5.41) is 4.98. The van der Waals surface area contributed by atoms with E-state index in [0.717, 1.165) is 10.4 Å². The number of esters is 1. The second-order valence-electron chi connectivity index (χ2n) is 9.70. The maximum absolute atomic E-state index is 14.1. The summed E-state index contributed by atoms with van der Waals surface area (Å²) in [6, 6.07) is 8.35. The van der Waals surface area contributed by atoms with Gasteiger partial charge in [0.2, 0.25) is 0 Å². The Balaban J connectivity index is 1.40. The number of nitrogens with one attached hydrogen (secondary N) is 1. The van der Waals surface area contributed by atoms with E-state index < -0.39 is 29.5 Å². The Morgan fingerprint density at radius 3 is 2.68 bits per heavy atom. The summed E-state index contributed by atoms with van der Waals surface area (Å²) in [6.45, 7) is 5.61. The number of fused-ring (bicyclic) bond motifs is 2. The number of rotatable bonds is 8. The third-order valence-electron chi connectivity index (χ3n) is 6.49. The molecule has 0 radical (unpaired) electrons. The minimum Gasteiger partial charge on any atom is -0.485 e. The number of ether oxygens (including phenoxy) is 2. The van der Waals surface area contributed by atoms with Crippen molar-refractivity contribution in [3.63, 3.8) is 0 Å². The van der Waals surface area contributed by atoms with Crippen LogP contribution in [0.1, 0.15) is 52.1 Å². The first-order valence-corrected chi connectivity index (χ1v) is 13.2. The van der Waals surface area contributed by atoms with Gasteiger partial charge in [0.15, 0.2) is 11.4 Å². The van der Waals surface area contributed by atoms with Crippen LogP contribution in [0.2, 0.25) is 0 Å². The summed E-state index contributed by atoms with van der Waals surface area (Å²) in [5.74, 6) is -2.19. The van der Waals surface area contributed by atoms with Crippen LogP contribution >= 0.6 is 11.3 Å². The number of thiophene rings is 1. The van der Waals surface area contributed by atoms with E-state index in [-0.39, 0.29) is 35.5 Å². The van der Waals surface area contributed by atoms with E-state index in [1.807, 2.05) is 25.3 Å². The highest BCUT2D eigenvalue weighted by Gasteiger charge is 2.41. The zero-order valence-electron chi connectivity index (χ0n) is 21.2. The minimum absolute atomic E-state index is 0.195. The highest BCUT2D eigenvalue weighted by Crippen LogP contribution is 2.40. The maximum Gasteiger partial charge on any atom is 0.311 e. The number of aryl methyl sites for hydroxylation is 1. The molecule has 1 N–H and O–H groups in total. The van der Waals surface area contributed by atoms with Gasteiger partial charge < -0.3 is 14.8 Å². The topological polar surface area (TPSA) is 81.9 Å². The van der Waals surface area contributed by atoms with E-state index >= 15 is 0 Å². The summed E-state index contributed by atoms with van der Waals surface area (Å²) >= 11 is 1.50. The van der Waals surface area contributed by atoms with Crippen molar-refractivity contribution in [1.82, 2.24) is 14.7 Å². The van der Waals surface area contributed by atoms with Crippen molar-refractivity contribution < 1.29 is 27.8 Å². The quantitative estimate of drug-likeness (QED) is 0.303. The summed E-state index contributed by atoms with van der Waals surface area (Å²) < 4.78 is 40.9. The molecule has 0 spiro atoms. The second kappa shape index (κ2) is 10.5. The molecule has 3 aromatic heterocycles. The van der Waals surface area contributed by atoms with Crippen LogP contribution < -0.4 is 10.1 Å². The van der Waals surface area contributed by atoms with Crippen molar-refractivity contribution in [2.75, 3.05) is 6.61 Å². The van der Waals surface area contributed by atoms with Gasteiger partial charge in [-0.15, -0.1) is 11.3 Å². The lowest BCUT2D eigenvalue weighted by atomic mass is 10.0. The van der Waals surface area contributed by atoms with Crippen LogP contribution in [0.4, 0.5) is 8.78 Å². The molecule has 38 heavy (non-hydrogen) atoms. The van der Waals surface area contributed by atoms with Crippen molar-refractivity contribution in [2.45, 2.75) is 39.8 Å². The Hall–Kier alpha value is -3.79. The first-order valence-electron chi connectivity index (χ1n) is 12.3. The van der Waals surface area contributed by atoms with Crippen LogP contribution in [0, 0.1) is 30.4 Å². The van der Waals surface area contributed by atoms with E-state index in [4.69, 9.17) is 9.47 Å². The lowest BCUT2D eigenvalue weighted by Gasteiger charge is -2.21. The number of nitrogens with zero attached hydrogens (tertiary/aromatic N) is 2. The van der Waals surface area contributed by atoms with E-state index in [0.29, 0.717) is 24.4 Å². The molecule has 0 bridgehead atoms. The Labute approximate surface area is 222 Å². The Kier molecular flexibility index (Phi) is 7.16. The monoisotopic (exact) mass is 539 g/mol. The molecule has 2 atom stereocenters. The second-order valence-corrected chi connectivity index (χ2v) is 10.6. The average Bonchev–Trinajstić information content (AvgIpc) is 3.56. The average molecular weight is 540 g/mol. The summed E-state index contributed by atoms with van der Waals surface area (Å²) in [5.41, 5.74) is 1.89. The van der Waals surface area contributed by atoms with E-state index in [9.17, 15) is 18.4 Å². The van der Waals surface area contributed by atoms with E-state index in [1.165, 1.54) is 29.5 Å². The summed E-state index contributed by atoms with van der Waals surface area (Å²) in [7, 11) is 0. The van der Waals surface area contributed by atoms with Gasteiger partial charge in [0.25, 0.3) is 5.91 Å². The third-order valence-corrected chi connectivity index (χ3v) is 7.53. The Morgan fingerprint density at radius 2 is 1.95 bits per heavy atom. The fraction of sp³-hybridized carbons (Fsp3) is 0.321. The lowest BCUT2D eigenvalue weighted by Crippen LogP contribution is -2.36. The third kappa shape index (κ3) is 4.88. The number of benzene rings is 1. The van der Waals surface area contributed by atoms with Crippen molar-refractivity contribution in [1.29, 1.82) is 0 Å². The number of hydrogen-bond donors (Lipinski definition) is 1. The predicted octanol–water partition coefficient (Wildman–Crippen LogP) is 5.40. The number of carbonyl (C=O) groups is 2. The maximum atomic E-state index is 14.1. The highest BCUT2D eigenvalue weighted by molar-refractivity contribution is 7.10. The zero-order chi connectivity index (χ0) is 27.0. The number of amides is 1. The molecular formula is C28H27F2N3O4S. The summed E-state index contributed by atoms with van der Waals surface area (Å²) in [4.78, 5) is 31.9. The van der Waals surface area contributed by atoms with E-state index in [2.05, 4.69) is 10.3 Å². The fourth-order valence-corrected chi connectivity index (χ4v) is 5.69. The van der Waals surface area contributed by atoms with Crippen LogP contribution in [0.15, 0.2) is 48.0 Å². The first kappa shape index (κ1) is 25.8. The molecule has 198 valence electrons. The smallest absolute Gasteiger partial charge is 0.311 e. The van der Waals surface area contributed by atoms with Crippen LogP contribution in [-0.4, -0.2) is 27.9 Å². The van der Waals surface area contributed by atoms with Crippen molar-refractivity contribution in [3.05, 3.63) is 87.0 Å². The number of imidazole rings is 1. The SMILES string of the molecule is Cc1nc2c(OCc3c(F)cccc3F)cccn2c1C(=O)N[C@@H]1c2sccc2C[C@H]1C(=O)OCC(C)C. The van der Waals surface area contributed by atoms with Crippen LogP contribution in [0.5, 0.6) is 5.75 Å². The number of halogens is 2. The van der Waals surface area contributed by atoms with Crippen LogP contribution in [-0.2, 0) is 22.6 Å². The largest absolute Gasteiger partial charge is 0.485 e. The molecule has 1 aromatic carbocycles. The number of carbonyl (C=O) groups excluding carboxylic acids is 2. The molecule has 1 aliphatic rings. The van der Waals surface area contributed by atoms with Crippen molar-refractivity contribution in [3.8, 4) is 5.75 Å². The number of aromatic nitrogens is 2. The van der Waals surface area contributed by atoms with Gasteiger partial charge in [0.05, 0.1) is 29.8 Å². The summed E-state index contributed by atoms with van der Waals surface area (Å²) in [6.07, 6.45) is 2.16. The number of pyridine rings is 1. The fourth-order valence-electron chi connectivity index (χ4n) is 4.64. The van der Waals surface area contributed by atoms with Crippen LogP contribution in [0.3, 0.4) is 0 Å². The normalized spacial score (nSPS) is 16.6. The van der Waals surface area contributed by atoms with Gasteiger partial charge in [0, 0.05) is 11.1 Å². The van der Waals surface area contributed by atoms with Gasteiger partial charge in [0.1, 0.15) is 23.9 Å². The molecule has 7 nitrogen and oxygen atoms in total. The van der Waals surface area contributed by atoms with Gasteiger partial charge in [-0.2, -0.15) is 0 Å². The number of hydrogen-bond acceptors (Lipinski definition) is 6. The molecule has 0 saturated heterocycles. The van der Waals surface area contributed by atoms with Crippen molar-refractivity contribution in [2.24, 2.45) is 11.8 Å². The molecule has 0 saturated carbocycles. The molecule has 10 heteroatoms. The molecule has 4 aromatic rings. The molecule has 3 heterocycles. The molecule has 1 amide bonds. The Bertz CT molecular complexity index is 1490. The van der Waals surface area contributed by atoms with Gasteiger partial charge in [-0.1, -0.05) is 19.9 Å². The molecular weight excluding hydrogens is 512 g/mol. The lowest BCUT2D eigenvalue weighted by molar-refractivity contribution is -0.150. The zero-order valence-corrected chi connectivity index (χ0v) is 22.0. The molecule has 1 aliphatic carbocycles. The predicted molar refractivity (Wildman–Crippen MR) is 138 cm³/mol. The molecule has 5 rings (SSSR count). The standard InChI is InChI=1S/C28H27F2N3O4S/c1-15(2)13-37-28(35)18-12-17-9-11-38-25(17)23(18)32-27(34)24-16(3)31-26-22(8-5-10-33(24)26)36-14-19-20(29)6-4-7-21(19)30/h4-11,15,18,23H,12-14H2,1-3H3,(H,32,34)/t18-,23+/m1/s1. The van der Waals surface area contributed by atoms with Crippen molar-refractivity contribution >= 4 is 28.9 Å². The van der Waals surface area contributed by atoms with Gasteiger partial charge in [-0.25, -0.2) is 13.8 Å². The van der Waals surface area contributed by atoms with Gasteiger partial charge in [-0.05, 0) is 60.5 Å². The van der Waals surface area contributed by atoms with Crippen LogP contribution in [0.25, 0.3) is 5.65 Å². The molecule has 0 fully saturated rings.